The predicted octanol–water partition coefficient (Wildman–Crippen LogP) is 3.18. The highest BCUT2D eigenvalue weighted by molar-refractivity contribution is 9.10. The van der Waals surface area contributed by atoms with E-state index < -0.39 is 0 Å². The van der Waals surface area contributed by atoms with Crippen molar-refractivity contribution in [3.8, 4) is 0 Å². The molecule has 0 amide bonds. The Morgan fingerprint density at radius 1 is 1.29 bits per heavy atom. The van der Waals surface area contributed by atoms with Crippen molar-refractivity contribution in [1.82, 2.24) is 15.1 Å². The summed E-state index contributed by atoms with van der Waals surface area (Å²) in [5, 5.41) is 8.30. The van der Waals surface area contributed by atoms with Gasteiger partial charge in [0, 0.05) is 26.3 Å². The van der Waals surface area contributed by atoms with Crippen LogP contribution in [0.3, 0.4) is 0 Å². The largest absolute Gasteiger partial charge is 0.381 e. The third-order valence-corrected chi connectivity index (χ3v) is 5.46. The molecule has 0 bridgehead atoms. The molecule has 2 heterocycles. The van der Waals surface area contributed by atoms with E-state index in [0.717, 1.165) is 58.5 Å². The van der Waals surface area contributed by atoms with Crippen molar-refractivity contribution in [2.75, 3.05) is 26.3 Å². The van der Waals surface area contributed by atoms with Crippen molar-refractivity contribution in [2.24, 2.45) is 5.41 Å². The summed E-state index contributed by atoms with van der Waals surface area (Å²) in [4.78, 5) is 0. The van der Waals surface area contributed by atoms with E-state index >= 15 is 0 Å². The fourth-order valence-electron chi connectivity index (χ4n) is 3.15. The first-order chi connectivity index (χ1) is 10.2. The van der Waals surface area contributed by atoms with E-state index in [1.807, 2.05) is 0 Å². The standard InChI is InChI=1S/C16H28BrN3O/c1-4-13-15(17)14(20(6-3)19-13)11-16(12-18-5-2)7-9-21-10-8-16/h18H,4-12H2,1-3H3. The van der Waals surface area contributed by atoms with Gasteiger partial charge in [-0.25, -0.2) is 0 Å². The number of aromatic nitrogens is 2. The smallest absolute Gasteiger partial charge is 0.0766 e. The summed E-state index contributed by atoms with van der Waals surface area (Å²) in [7, 11) is 0. The van der Waals surface area contributed by atoms with Crippen molar-refractivity contribution in [3.05, 3.63) is 15.9 Å². The lowest BCUT2D eigenvalue weighted by molar-refractivity contribution is 0.0141. The monoisotopic (exact) mass is 357 g/mol. The summed E-state index contributed by atoms with van der Waals surface area (Å²) in [5.41, 5.74) is 2.83. The molecule has 0 spiro atoms. The van der Waals surface area contributed by atoms with Crippen LogP contribution in [0.5, 0.6) is 0 Å². The van der Waals surface area contributed by atoms with Crippen molar-refractivity contribution >= 4 is 15.9 Å². The maximum absolute atomic E-state index is 5.59. The number of hydrogen-bond acceptors (Lipinski definition) is 3. The quantitative estimate of drug-likeness (QED) is 0.814. The molecule has 5 heteroatoms. The van der Waals surface area contributed by atoms with E-state index in [9.17, 15) is 0 Å². The summed E-state index contributed by atoms with van der Waals surface area (Å²) in [6.07, 6.45) is 4.31. The first kappa shape index (κ1) is 17.0. The first-order valence-corrected chi connectivity index (χ1v) is 8.97. The third kappa shape index (κ3) is 3.88. The molecule has 1 aliphatic rings. The molecule has 4 nitrogen and oxygen atoms in total. The van der Waals surface area contributed by atoms with Gasteiger partial charge in [-0.3, -0.25) is 4.68 Å². The molecule has 0 aromatic carbocycles. The van der Waals surface area contributed by atoms with Crippen LogP contribution in [-0.4, -0.2) is 36.1 Å². The third-order valence-electron chi connectivity index (χ3n) is 4.54. The van der Waals surface area contributed by atoms with Gasteiger partial charge < -0.3 is 10.1 Å². The lowest BCUT2D eigenvalue weighted by Crippen LogP contribution is -2.41. The second-order valence-electron chi connectivity index (χ2n) is 5.95. The number of rotatable bonds is 7. The zero-order valence-corrected chi connectivity index (χ0v) is 15.1. The normalized spacial score (nSPS) is 18.1. The van der Waals surface area contributed by atoms with Gasteiger partial charge in [0.25, 0.3) is 0 Å². The van der Waals surface area contributed by atoms with Gasteiger partial charge in [0.15, 0.2) is 0 Å². The molecule has 1 saturated heterocycles. The second kappa shape index (κ2) is 7.75. The number of ether oxygens (including phenoxy) is 1. The minimum Gasteiger partial charge on any atom is -0.381 e. The first-order valence-electron chi connectivity index (χ1n) is 8.18. The molecular weight excluding hydrogens is 330 g/mol. The molecule has 0 radical (unpaired) electrons. The van der Waals surface area contributed by atoms with E-state index in [-0.39, 0.29) is 0 Å². The van der Waals surface area contributed by atoms with Gasteiger partial charge >= 0.3 is 0 Å². The maximum Gasteiger partial charge on any atom is 0.0766 e. The number of aryl methyl sites for hydroxylation is 2. The molecule has 0 aliphatic carbocycles. The zero-order valence-electron chi connectivity index (χ0n) is 13.5. The van der Waals surface area contributed by atoms with Gasteiger partial charge in [-0.05, 0) is 60.5 Å². The summed E-state index contributed by atoms with van der Waals surface area (Å²) < 4.78 is 8.98. The van der Waals surface area contributed by atoms with Gasteiger partial charge in [-0.2, -0.15) is 5.10 Å². The maximum atomic E-state index is 5.59. The van der Waals surface area contributed by atoms with Crippen LogP contribution in [-0.2, 0) is 24.1 Å². The fraction of sp³-hybridized carbons (Fsp3) is 0.812. The van der Waals surface area contributed by atoms with Crippen LogP contribution in [0.15, 0.2) is 4.47 Å². The van der Waals surface area contributed by atoms with Crippen LogP contribution >= 0.6 is 15.9 Å². The SMILES string of the molecule is CCNCC1(Cc2c(Br)c(CC)nn2CC)CCOCC1. The molecule has 21 heavy (non-hydrogen) atoms. The number of nitrogens with one attached hydrogen (secondary N) is 1. The molecule has 0 unspecified atom stereocenters. The van der Waals surface area contributed by atoms with Gasteiger partial charge in [0.05, 0.1) is 15.9 Å². The summed E-state index contributed by atoms with van der Waals surface area (Å²) in [6, 6.07) is 0. The lowest BCUT2D eigenvalue weighted by atomic mass is 9.76. The topological polar surface area (TPSA) is 39.1 Å². The molecule has 1 fully saturated rings. The molecule has 0 saturated carbocycles. The highest BCUT2D eigenvalue weighted by Gasteiger charge is 2.34. The molecule has 1 aromatic heterocycles. The molecular formula is C16H28BrN3O. The van der Waals surface area contributed by atoms with E-state index in [1.54, 1.807) is 0 Å². The summed E-state index contributed by atoms with van der Waals surface area (Å²) in [6.45, 7) is 11.3. The molecule has 120 valence electrons. The fourth-order valence-corrected chi connectivity index (χ4v) is 3.86. The Kier molecular flexibility index (Phi) is 6.26. The predicted molar refractivity (Wildman–Crippen MR) is 89.7 cm³/mol. The minimum atomic E-state index is 0.300. The second-order valence-corrected chi connectivity index (χ2v) is 6.74. The summed E-state index contributed by atoms with van der Waals surface area (Å²) in [5.74, 6) is 0. The number of nitrogens with zero attached hydrogens (tertiary/aromatic N) is 2. The Morgan fingerprint density at radius 2 is 2.00 bits per heavy atom. The van der Waals surface area contributed by atoms with Gasteiger partial charge in [0.1, 0.15) is 0 Å². The van der Waals surface area contributed by atoms with Crippen molar-refractivity contribution < 1.29 is 4.74 Å². The lowest BCUT2D eigenvalue weighted by Gasteiger charge is -2.37. The van der Waals surface area contributed by atoms with Crippen LogP contribution < -0.4 is 5.32 Å². The Labute approximate surface area is 136 Å². The Bertz CT molecular complexity index is 453. The van der Waals surface area contributed by atoms with Crippen molar-refractivity contribution in [2.45, 2.75) is 53.0 Å². The number of halogens is 1. The van der Waals surface area contributed by atoms with Gasteiger partial charge in [0.2, 0.25) is 0 Å². The van der Waals surface area contributed by atoms with E-state index in [1.165, 1.54) is 15.9 Å². The highest BCUT2D eigenvalue weighted by atomic mass is 79.9. The number of hydrogen-bond donors (Lipinski definition) is 1. The average molecular weight is 358 g/mol. The van der Waals surface area contributed by atoms with Crippen molar-refractivity contribution in [3.63, 3.8) is 0 Å². The molecule has 1 N–H and O–H groups in total. The van der Waals surface area contributed by atoms with Crippen LogP contribution in [0.1, 0.15) is 45.0 Å². The zero-order chi connectivity index (χ0) is 15.3. The van der Waals surface area contributed by atoms with Gasteiger partial charge in [-0.15, -0.1) is 0 Å². The Morgan fingerprint density at radius 3 is 2.57 bits per heavy atom. The molecule has 0 atom stereocenters. The van der Waals surface area contributed by atoms with Crippen molar-refractivity contribution in [1.29, 1.82) is 0 Å². The van der Waals surface area contributed by atoms with E-state index in [4.69, 9.17) is 9.84 Å². The van der Waals surface area contributed by atoms with Crippen LogP contribution in [0.4, 0.5) is 0 Å². The Hall–Kier alpha value is -0.390. The average Bonchev–Trinajstić information content (AvgIpc) is 2.82. The molecule has 1 aromatic rings. The van der Waals surface area contributed by atoms with Crippen LogP contribution in [0, 0.1) is 5.41 Å². The van der Waals surface area contributed by atoms with Crippen LogP contribution in [0.2, 0.25) is 0 Å². The van der Waals surface area contributed by atoms with Crippen LogP contribution in [0.25, 0.3) is 0 Å². The summed E-state index contributed by atoms with van der Waals surface area (Å²) >= 11 is 3.79. The van der Waals surface area contributed by atoms with Gasteiger partial charge in [-0.1, -0.05) is 13.8 Å². The minimum absolute atomic E-state index is 0.300. The molecule has 1 aliphatic heterocycles. The van der Waals surface area contributed by atoms with E-state index in [0.29, 0.717) is 5.41 Å². The molecule has 2 rings (SSSR count). The highest BCUT2D eigenvalue weighted by Crippen LogP contribution is 2.36. The Balaban J connectivity index is 2.25. The van der Waals surface area contributed by atoms with E-state index in [2.05, 4.69) is 46.7 Å².